The van der Waals surface area contributed by atoms with Crippen molar-refractivity contribution in [2.24, 2.45) is 11.5 Å². The van der Waals surface area contributed by atoms with Gasteiger partial charge in [-0.25, -0.2) is 0 Å². The summed E-state index contributed by atoms with van der Waals surface area (Å²) in [5.74, 6) is 0.105. The minimum Gasteiger partial charge on any atom is -0.506 e. The molecule has 50 valence electrons. The first kappa shape index (κ1) is 6.16. The minimum atomic E-state index is -0.0719. The number of hydrogen-bond donors (Lipinski definition) is 3. The number of aliphatic hydroxyl groups excluding tert-OH is 1. The van der Waals surface area contributed by atoms with Gasteiger partial charge in [0.05, 0.1) is 5.70 Å². The first-order valence-corrected chi connectivity index (χ1v) is 2.82. The molecule has 3 heteroatoms. The molecule has 3 nitrogen and oxygen atoms in total. The fraction of sp³-hybridized carbons (Fsp3) is 0.333. The SMILES string of the molecule is NC1=CCC(N)C=C1O. The van der Waals surface area contributed by atoms with Crippen LogP contribution in [0.4, 0.5) is 0 Å². The van der Waals surface area contributed by atoms with E-state index in [2.05, 4.69) is 0 Å². The molecule has 1 atom stereocenters. The van der Waals surface area contributed by atoms with Crippen molar-refractivity contribution in [3.8, 4) is 0 Å². The van der Waals surface area contributed by atoms with Gasteiger partial charge in [0.15, 0.2) is 0 Å². The summed E-state index contributed by atoms with van der Waals surface area (Å²) < 4.78 is 0. The van der Waals surface area contributed by atoms with Gasteiger partial charge in [-0.3, -0.25) is 0 Å². The summed E-state index contributed by atoms with van der Waals surface area (Å²) in [5, 5.41) is 8.94. The van der Waals surface area contributed by atoms with E-state index >= 15 is 0 Å². The molecule has 0 amide bonds. The van der Waals surface area contributed by atoms with Gasteiger partial charge in [-0.05, 0) is 12.5 Å². The van der Waals surface area contributed by atoms with Gasteiger partial charge in [-0.2, -0.15) is 0 Å². The highest BCUT2D eigenvalue weighted by Crippen LogP contribution is 2.09. The normalized spacial score (nSPS) is 27.0. The fourth-order valence-electron chi connectivity index (χ4n) is 0.735. The van der Waals surface area contributed by atoms with Crippen molar-refractivity contribution >= 4 is 0 Å². The van der Waals surface area contributed by atoms with Crippen LogP contribution in [0.3, 0.4) is 0 Å². The second-order valence-electron chi connectivity index (χ2n) is 2.11. The number of aliphatic hydroxyl groups is 1. The van der Waals surface area contributed by atoms with Crippen LogP contribution in [-0.4, -0.2) is 11.1 Å². The van der Waals surface area contributed by atoms with Crippen LogP contribution in [0, 0.1) is 0 Å². The molecule has 1 aliphatic rings. The zero-order chi connectivity index (χ0) is 6.85. The Morgan fingerprint density at radius 2 is 2.33 bits per heavy atom. The van der Waals surface area contributed by atoms with Crippen LogP contribution >= 0.6 is 0 Å². The van der Waals surface area contributed by atoms with Crippen LogP contribution in [0.15, 0.2) is 23.6 Å². The van der Waals surface area contributed by atoms with E-state index in [1.54, 1.807) is 12.2 Å². The molecule has 0 aliphatic heterocycles. The van der Waals surface area contributed by atoms with Crippen molar-refractivity contribution in [2.75, 3.05) is 0 Å². The van der Waals surface area contributed by atoms with Gasteiger partial charge < -0.3 is 16.6 Å². The molecule has 0 saturated carbocycles. The van der Waals surface area contributed by atoms with Crippen molar-refractivity contribution in [1.29, 1.82) is 0 Å². The van der Waals surface area contributed by atoms with Gasteiger partial charge in [0.2, 0.25) is 0 Å². The zero-order valence-electron chi connectivity index (χ0n) is 5.04. The lowest BCUT2D eigenvalue weighted by molar-refractivity contribution is 0.412. The summed E-state index contributed by atoms with van der Waals surface area (Å²) in [6.07, 6.45) is 3.99. The molecular formula is C6H10N2O. The molecule has 0 fully saturated rings. The summed E-state index contributed by atoms with van der Waals surface area (Å²) in [6.45, 7) is 0. The predicted molar refractivity (Wildman–Crippen MR) is 35.6 cm³/mol. The molecule has 0 aromatic carbocycles. The summed E-state index contributed by atoms with van der Waals surface area (Å²) in [5.41, 5.74) is 11.2. The lowest BCUT2D eigenvalue weighted by Crippen LogP contribution is -2.21. The Balaban J connectivity index is 2.75. The lowest BCUT2D eigenvalue weighted by atomic mass is 10.1. The summed E-state index contributed by atoms with van der Waals surface area (Å²) >= 11 is 0. The van der Waals surface area contributed by atoms with E-state index in [0.717, 1.165) is 6.42 Å². The number of nitrogens with two attached hydrogens (primary N) is 2. The van der Waals surface area contributed by atoms with Crippen molar-refractivity contribution in [3.05, 3.63) is 23.6 Å². The van der Waals surface area contributed by atoms with Crippen LogP contribution in [0.2, 0.25) is 0 Å². The maximum Gasteiger partial charge on any atom is 0.135 e. The Hall–Kier alpha value is -0.960. The molecular weight excluding hydrogens is 116 g/mol. The molecule has 1 rings (SSSR count). The average molecular weight is 126 g/mol. The van der Waals surface area contributed by atoms with E-state index in [0.29, 0.717) is 5.70 Å². The average Bonchev–Trinajstić information content (AvgIpc) is 1.80. The van der Waals surface area contributed by atoms with E-state index in [-0.39, 0.29) is 11.8 Å². The maximum atomic E-state index is 8.94. The Bertz CT molecular complexity index is 172. The third-order valence-corrected chi connectivity index (χ3v) is 1.28. The molecule has 0 saturated heterocycles. The third kappa shape index (κ3) is 1.23. The topological polar surface area (TPSA) is 72.3 Å². The first-order valence-electron chi connectivity index (χ1n) is 2.82. The zero-order valence-corrected chi connectivity index (χ0v) is 5.04. The lowest BCUT2D eigenvalue weighted by Gasteiger charge is -2.11. The number of rotatable bonds is 0. The van der Waals surface area contributed by atoms with Crippen LogP contribution in [0.5, 0.6) is 0 Å². The highest BCUT2D eigenvalue weighted by molar-refractivity contribution is 5.27. The number of hydrogen-bond acceptors (Lipinski definition) is 3. The van der Waals surface area contributed by atoms with E-state index in [9.17, 15) is 0 Å². The molecule has 0 radical (unpaired) electrons. The molecule has 1 aliphatic carbocycles. The van der Waals surface area contributed by atoms with Crippen LogP contribution in [0.1, 0.15) is 6.42 Å². The van der Waals surface area contributed by atoms with Crippen molar-refractivity contribution < 1.29 is 5.11 Å². The van der Waals surface area contributed by atoms with E-state index < -0.39 is 0 Å². The molecule has 0 spiro atoms. The third-order valence-electron chi connectivity index (χ3n) is 1.28. The summed E-state index contributed by atoms with van der Waals surface area (Å²) in [6, 6.07) is -0.0719. The van der Waals surface area contributed by atoms with E-state index in [1.165, 1.54) is 0 Å². The fourth-order valence-corrected chi connectivity index (χ4v) is 0.735. The standard InChI is InChI=1S/C6H10N2O/c7-4-1-2-5(8)6(9)3-4/h2-4,9H,1,7-8H2. The van der Waals surface area contributed by atoms with Gasteiger partial charge in [0, 0.05) is 6.04 Å². The van der Waals surface area contributed by atoms with Crippen molar-refractivity contribution in [1.82, 2.24) is 0 Å². The minimum absolute atomic E-state index is 0.0719. The van der Waals surface area contributed by atoms with Gasteiger partial charge >= 0.3 is 0 Å². The van der Waals surface area contributed by atoms with Crippen molar-refractivity contribution in [2.45, 2.75) is 12.5 Å². The molecule has 9 heavy (non-hydrogen) atoms. The first-order chi connectivity index (χ1) is 4.20. The highest BCUT2D eigenvalue weighted by Gasteiger charge is 2.07. The second kappa shape index (κ2) is 2.11. The summed E-state index contributed by atoms with van der Waals surface area (Å²) in [4.78, 5) is 0. The van der Waals surface area contributed by atoms with Crippen molar-refractivity contribution in [3.63, 3.8) is 0 Å². The second-order valence-corrected chi connectivity index (χ2v) is 2.11. The van der Waals surface area contributed by atoms with E-state index in [4.69, 9.17) is 16.6 Å². The van der Waals surface area contributed by atoms with Crippen LogP contribution in [0.25, 0.3) is 0 Å². The summed E-state index contributed by atoms with van der Waals surface area (Å²) in [7, 11) is 0. The molecule has 0 aromatic heterocycles. The molecule has 0 aromatic rings. The molecule has 5 N–H and O–H groups in total. The largest absolute Gasteiger partial charge is 0.506 e. The molecule has 1 unspecified atom stereocenters. The molecule has 0 bridgehead atoms. The highest BCUT2D eigenvalue weighted by atomic mass is 16.3. The van der Waals surface area contributed by atoms with Crippen LogP contribution in [-0.2, 0) is 0 Å². The Morgan fingerprint density at radius 1 is 1.67 bits per heavy atom. The van der Waals surface area contributed by atoms with Gasteiger partial charge in [-0.1, -0.05) is 6.08 Å². The Labute approximate surface area is 53.7 Å². The quantitative estimate of drug-likeness (QED) is 0.428. The Morgan fingerprint density at radius 3 is 2.78 bits per heavy atom. The maximum absolute atomic E-state index is 8.94. The predicted octanol–water partition coefficient (Wildman–Crippen LogP) is 0.00190. The van der Waals surface area contributed by atoms with E-state index in [1.807, 2.05) is 0 Å². The van der Waals surface area contributed by atoms with Gasteiger partial charge in [0.25, 0.3) is 0 Å². The van der Waals surface area contributed by atoms with Gasteiger partial charge in [0.1, 0.15) is 5.76 Å². The van der Waals surface area contributed by atoms with Crippen LogP contribution < -0.4 is 11.5 Å². The molecule has 0 heterocycles. The van der Waals surface area contributed by atoms with Gasteiger partial charge in [-0.15, -0.1) is 0 Å². The smallest absolute Gasteiger partial charge is 0.135 e. The Kier molecular flexibility index (Phi) is 1.44. The monoisotopic (exact) mass is 126 g/mol.